The maximum Gasteiger partial charge on any atom is 0.0614 e. The second-order valence-corrected chi connectivity index (χ2v) is 6.58. The van der Waals surface area contributed by atoms with Gasteiger partial charge in [-0.25, -0.2) is 0 Å². The summed E-state index contributed by atoms with van der Waals surface area (Å²) in [6.07, 6.45) is 22.9. The van der Waals surface area contributed by atoms with Crippen molar-refractivity contribution in [3.05, 3.63) is 11.6 Å². The third-order valence-electron chi connectivity index (χ3n) is 4.36. The summed E-state index contributed by atoms with van der Waals surface area (Å²) in [5.41, 5.74) is 1.34. The van der Waals surface area contributed by atoms with Crippen molar-refractivity contribution in [1.82, 2.24) is 0 Å². The molecule has 21 heavy (non-hydrogen) atoms. The molecule has 0 aliphatic rings. The van der Waals surface area contributed by atoms with E-state index in [9.17, 15) is 0 Å². The van der Waals surface area contributed by atoms with E-state index < -0.39 is 0 Å². The Bertz CT molecular complexity index is 220. The molecule has 0 fully saturated rings. The number of aliphatic hydroxyl groups is 1. The van der Waals surface area contributed by atoms with Crippen molar-refractivity contribution in [2.24, 2.45) is 0 Å². The van der Waals surface area contributed by atoms with Gasteiger partial charge in [-0.15, -0.1) is 0 Å². The molecule has 0 atom stereocenters. The SMILES string of the molecule is CCCCCCCCCCCCCCCCC(C)=CCO. The van der Waals surface area contributed by atoms with Crippen LogP contribution in [0.3, 0.4) is 0 Å². The fourth-order valence-corrected chi connectivity index (χ4v) is 2.86. The molecule has 0 aliphatic heterocycles. The fourth-order valence-electron chi connectivity index (χ4n) is 2.86. The number of rotatable bonds is 16. The molecule has 0 aromatic rings. The Morgan fingerprint density at radius 2 is 1.05 bits per heavy atom. The van der Waals surface area contributed by atoms with Crippen molar-refractivity contribution in [3.8, 4) is 0 Å². The van der Waals surface area contributed by atoms with Gasteiger partial charge in [0.1, 0.15) is 0 Å². The first-order valence-electron chi connectivity index (χ1n) is 9.57. The Labute approximate surface area is 134 Å². The van der Waals surface area contributed by atoms with E-state index in [4.69, 9.17) is 5.11 Å². The van der Waals surface area contributed by atoms with E-state index in [1.807, 2.05) is 6.08 Å². The maximum atomic E-state index is 8.78. The van der Waals surface area contributed by atoms with E-state index in [-0.39, 0.29) is 6.61 Å². The van der Waals surface area contributed by atoms with Gasteiger partial charge in [0.15, 0.2) is 0 Å². The molecule has 0 rings (SSSR count). The molecule has 0 saturated carbocycles. The minimum Gasteiger partial charge on any atom is -0.392 e. The van der Waals surface area contributed by atoms with Gasteiger partial charge in [0.2, 0.25) is 0 Å². The zero-order chi connectivity index (χ0) is 15.6. The summed E-state index contributed by atoms with van der Waals surface area (Å²) < 4.78 is 0. The molecular formula is C20H40O. The van der Waals surface area contributed by atoms with Crippen LogP contribution in [0.15, 0.2) is 11.6 Å². The third-order valence-corrected chi connectivity index (χ3v) is 4.36. The van der Waals surface area contributed by atoms with Crippen LogP contribution in [0.4, 0.5) is 0 Å². The highest BCUT2D eigenvalue weighted by Gasteiger charge is 1.94. The van der Waals surface area contributed by atoms with Crippen LogP contribution in [0.5, 0.6) is 0 Å². The molecule has 0 saturated heterocycles. The predicted molar refractivity (Wildman–Crippen MR) is 95.8 cm³/mol. The molecule has 0 unspecified atom stereocenters. The summed E-state index contributed by atoms with van der Waals surface area (Å²) in [6, 6.07) is 0. The molecule has 1 heteroatoms. The van der Waals surface area contributed by atoms with E-state index in [1.165, 1.54) is 102 Å². The average Bonchev–Trinajstić information content (AvgIpc) is 2.48. The third kappa shape index (κ3) is 17.6. The van der Waals surface area contributed by atoms with Crippen LogP contribution in [0, 0.1) is 0 Å². The summed E-state index contributed by atoms with van der Waals surface area (Å²) in [7, 11) is 0. The molecule has 126 valence electrons. The van der Waals surface area contributed by atoms with Crippen LogP contribution in [-0.4, -0.2) is 11.7 Å². The van der Waals surface area contributed by atoms with Crippen molar-refractivity contribution in [1.29, 1.82) is 0 Å². The van der Waals surface area contributed by atoms with Gasteiger partial charge in [0.25, 0.3) is 0 Å². The Kier molecular flexibility index (Phi) is 17.5. The van der Waals surface area contributed by atoms with E-state index in [2.05, 4.69) is 13.8 Å². The van der Waals surface area contributed by atoms with Crippen molar-refractivity contribution in [2.75, 3.05) is 6.61 Å². The quantitative estimate of drug-likeness (QED) is 0.245. The molecule has 0 aliphatic carbocycles. The largest absolute Gasteiger partial charge is 0.392 e. The van der Waals surface area contributed by atoms with Crippen LogP contribution in [-0.2, 0) is 0 Å². The van der Waals surface area contributed by atoms with Crippen LogP contribution in [0.2, 0.25) is 0 Å². The Morgan fingerprint density at radius 3 is 1.43 bits per heavy atom. The van der Waals surface area contributed by atoms with Crippen molar-refractivity contribution >= 4 is 0 Å². The smallest absolute Gasteiger partial charge is 0.0614 e. The first-order chi connectivity index (χ1) is 10.3. The summed E-state index contributed by atoms with van der Waals surface area (Å²) in [6.45, 7) is 4.61. The molecule has 0 spiro atoms. The normalized spacial score (nSPS) is 12.0. The summed E-state index contributed by atoms with van der Waals surface area (Å²) in [5, 5.41) is 8.78. The Balaban J connectivity index is 3.04. The maximum absolute atomic E-state index is 8.78. The minimum atomic E-state index is 0.199. The molecule has 1 nitrogen and oxygen atoms in total. The standard InChI is InChI=1S/C20H40O/c1-3-4-5-6-7-8-9-10-11-12-13-14-15-16-17-20(2)18-19-21/h18,21H,3-17,19H2,1-2H3. The number of hydrogen-bond acceptors (Lipinski definition) is 1. The van der Waals surface area contributed by atoms with Gasteiger partial charge in [0, 0.05) is 0 Å². The van der Waals surface area contributed by atoms with Gasteiger partial charge < -0.3 is 5.11 Å². The van der Waals surface area contributed by atoms with Gasteiger partial charge in [-0.3, -0.25) is 0 Å². The first-order valence-corrected chi connectivity index (χ1v) is 9.57. The Morgan fingerprint density at radius 1 is 0.667 bits per heavy atom. The molecule has 0 bridgehead atoms. The lowest BCUT2D eigenvalue weighted by atomic mass is 10.0. The second kappa shape index (κ2) is 17.8. The van der Waals surface area contributed by atoms with E-state index in [0.717, 1.165) is 0 Å². The topological polar surface area (TPSA) is 20.2 Å². The highest BCUT2D eigenvalue weighted by molar-refractivity contribution is 4.97. The summed E-state index contributed by atoms with van der Waals surface area (Å²) in [4.78, 5) is 0. The van der Waals surface area contributed by atoms with E-state index >= 15 is 0 Å². The highest BCUT2D eigenvalue weighted by atomic mass is 16.2. The van der Waals surface area contributed by atoms with E-state index in [1.54, 1.807) is 0 Å². The van der Waals surface area contributed by atoms with Gasteiger partial charge >= 0.3 is 0 Å². The average molecular weight is 297 g/mol. The predicted octanol–water partition coefficient (Wildman–Crippen LogP) is 6.80. The summed E-state index contributed by atoms with van der Waals surface area (Å²) >= 11 is 0. The lowest BCUT2D eigenvalue weighted by Gasteiger charge is -2.03. The van der Waals surface area contributed by atoms with Crippen molar-refractivity contribution in [2.45, 2.75) is 110 Å². The van der Waals surface area contributed by atoms with Gasteiger partial charge in [-0.2, -0.15) is 0 Å². The molecule has 0 radical (unpaired) electrons. The number of allylic oxidation sites excluding steroid dienone is 1. The molecule has 1 N–H and O–H groups in total. The number of hydrogen-bond donors (Lipinski definition) is 1. The monoisotopic (exact) mass is 296 g/mol. The molecule has 0 aromatic heterocycles. The van der Waals surface area contributed by atoms with Crippen LogP contribution >= 0.6 is 0 Å². The minimum absolute atomic E-state index is 0.199. The highest BCUT2D eigenvalue weighted by Crippen LogP contribution is 2.14. The van der Waals surface area contributed by atoms with Gasteiger partial charge in [-0.1, -0.05) is 102 Å². The van der Waals surface area contributed by atoms with Gasteiger partial charge in [-0.05, 0) is 19.8 Å². The van der Waals surface area contributed by atoms with Gasteiger partial charge in [0.05, 0.1) is 6.61 Å². The van der Waals surface area contributed by atoms with Crippen LogP contribution in [0.1, 0.15) is 110 Å². The molecule has 0 heterocycles. The van der Waals surface area contributed by atoms with E-state index in [0.29, 0.717) is 0 Å². The number of unbranched alkanes of at least 4 members (excludes halogenated alkanes) is 13. The lowest BCUT2D eigenvalue weighted by Crippen LogP contribution is -1.85. The fraction of sp³-hybridized carbons (Fsp3) is 0.900. The van der Waals surface area contributed by atoms with Crippen molar-refractivity contribution in [3.63, 3.8) is 0 Å². The lowest BCUT2D eigenvalue weighted by molar-refractivity contribution is 0.341. The van der Waals surface area contributed by atoms with Crippen LogP contribution < -0.4 is 0 Å². The second-order valence-electron chi connectivity index (χ2n) is 6.58. The molecule has 0 aromatic carbocycles. The Hall–Kier alpha value is -0.300. The molecular weight excluding hydrogens is 256 g/mol. The molecule has 0 amide bonds. The number of aliphatic hydroxyl groups excluding tert-OH is 1. The van der Waals surface area contributed by atoms with Crippen LogP contribution in [0.25, 0.3) is 0 Å². The summed E-state index contributed by atoms with van der Waals surface area (Å²) in [5.74, 6) is 0. The zero-order valence-corrected chi connectivity index (χ0v) is 14.8. The first kappa shape index (κ1) is 20.7. The van der Waals surface area contributed by atoms with Crippen molar-refractivity contribution < 1.29 is 5.11 Å². The zero-order valence-electron chi connectivity index (χ0n) is 14.8.